The fourth-order valence-electron chi connectivity index (χ4n) is 2.72. The molecule has 1 fully saturated rings. The zero-order chi connectivity index (χ0) is 17.8. The first-order valence-electron chi connectivity index (χ1n) is 8.10. The van der Waals surface area contributed by atoms with Gasteiger partial charge in [0.05, 0.1) is 10.6 Å². The lowest BCUT2D eigenvalue weighted by Crippen LogP contribution is -2.35. The summed E-state index contributed by atoms with van der Waals surface area (Å²) < 4.78 is 19.7. The number of carbonyl (C=O) groups is 1. The van der Waals surface area contributed by atoms with Gasteiger partial charge in [-0.1, -0.05) is 23.7 Å². The summed E-state index contributed by atoms with van der Waals surface area (Å²) in [4.78, 5) is 18.8. The minimum atomic E-state index is -0.677. The van der Waals surface area contributed by atoms with Crippen molar-refractivity contribution in [2.24, 2.45) is 0 Å². The normalized spacial score (nSPS) is 15.8. The fourth-order valence-corrected chi connectivity index (χ4v) is 2.97. The number of nitrogens with one attached hydrogen (secondary N) is 1. The summed E-state index contributed by atoms with van der Waals surface area (Å²) in [5, 5.41) is 2.61. The van der Waals surface area contributed by atoms with Gasteiger partial charge in [-0.05, 0) is 38.1 Å². The molecule has 1 aliphatic heterocycles. The van der Waals surface area contributed by atoms with E-state index in [4.69, 9.17) is 16.3 Å². The molecule has 0 saturated carbocycles. The highest BCUT2D eigenvalue weighted by atomic mass is 35.5. The molecule has 2 heterocycles. The van der Waals surface area contributed by atoms with Crippen molar-refractivity contribution >= 4 is 23.3 Å². The van der Waals surface area contributed by atoms with Gasteiger partial charge in [0.2, 0.25) is 5.88 Å². The number of likely N-dealkylation sites (tertiary alicyclic amines) is 1. The van der Waals surface area contributed by atoms with Gasteiger partial charge >= 0.3 is 0 Å². The van der Waals surface area contributed by atoms with E-state index in [1.54, 1.807) is 18.2 Å². The van der Waals surface area contributed by atoms with E-state index < -0.39 is 11.7 Å². The summed E-state index contributed by atoms with van der Waals surface area (Å²) in [6.45, 7) is 1.96. The number of ether oxygens (including phenoxy) is 1. The van der Waals surface area contributed by atoms with Crippen LogP contribution < -0.4 is 10.1 Å². The van der Waals surface area contributed by atoms with Gasteiger partial charge in [-0.3, -0.25) is 4.79 Å². The second-order valence-corrected chi connectivity index (χ2v) is 6.44. The van der Waals surface area contributed by atoms with Crippen molar-refractivity contribution in [2.45, 2.75) is 18.9 Å². The second kappa shape index (κ2) is 7.80. The van der Waals surface area contributed by atoms with Crippen LogP contribution in [0.3, 0.4) is 0 Å². The van der Waals surface area contributed by atoms with E-state index in [-0.39, 0.29) is 22.5 Å². The Hall–Kier alpha value is -2.18. The summed E-state index contributed by atoms with van der Waals surface area (Å²) in [6, 6.07) is 9.19. The molecule has 3 rings (SSSR count). The molecule has 0 atom stereocenters. The minimum Gasteiger partial charge on any atom is -0.474 e. The Kier molecular flexibility index (Phi) is 5.50. The maximum Gasteiger partial charge on any atom is 0.261 e. The van der Waals surface area contributed by atoms with Gasteiger partial charge in [-0.15, -0.1) is 0 Å². The van der Waals surface area contributed by atoms with Crippen molar-refractivity contribution in [2.75, 3.05) is 25.5 Å². The molecule has 1 saturated heterocycles. The monoisotopic (exact) mass is 363 g/mol. The zero-order valence-corrected chi connectivity index (χ0v) is 14.6. The first-order valence-corrected chi connectivity index (χ1v) is 8.48. The third-order valence-corrected chi connectivity index (χ3v) is 4.42. The highest BCUT2D eigenvalue weighted by Crippen LogP contribution is 2.22. The van der Waals surface area contributed by atoms with Crippen molar-refractivity contribution in [1.29, 1.82) is 0 Å². The summed E-state index contributed by atoms with van der Waals surface area (Å²) in [5.41, 5.74) is -0.201. The number of halogens is 2. The number of carbonyl (C=O) groups excluding carboxylic acids is 1. The first-order chi connectivity index (χ1) is 12.0. The van der Waals surface area contributed by atoms with Gasteiger partial charge in [0.15, 0.2) is 0 Å². The van der Waals surface area contributed by atoms with Crippen LogP contribution in [0.1, 0.15) is 23.2 Å². The van der Waals surface area contributed by atoms with Crippen LogP contribution in [0, 0.1) is 5.82 Å². The predicted molar refractivity (Wildman–Crippen MR) is 94.7 cm³/mol. The Bertz CT molecular complexity index is 743. The van der Waals surface area contributed by atoms with E-state index in [1.165, 1.54) is 18.2 Å². The number of benzene rings is 1. The highest BCUT2D eigenvalue weighted by Gasteiger charge is 2.19. The third kappa shape index (κ3) is 4.46. The Morgan fingerprint density at radius 2 is 2.00 bits per heavy atom. The Balaban J connectivity index is 1.68. The molecule has 1 aliphatic rings. The number of piperidine rings is 1. The van der Waals surface area contributed by atoms with Crippen LogP contribution in [-0.2, 0) is 0 Å². The molecule has 5 nitrogen and oxygen atoms in total. The lowest BCUT2D eigenvalue weighted by molar-refractivity contribution is 0.102. The molecule has 0 bridgehead atoms. The average Bonchev–Trinajstić information content (AvgIpc) is 2.57. The van der Waals surface area contributed by atoms with Crippen molar-refractivity contribution < 1.29 is 13.9 Å². The van der Waals surface area contributed by atoms with Crippen molar-refractivity contribution in [3.05, 3.63) is 52.8 Å². The van der Waals surface area contributed by atoms with E-state index in [2.05, 4.69) is 22.2 Å². The molecule has 1 amide bonds. The quantitative estimate of drug-likeness (QED) is 0.901. The number of aromatic nitrogens is 1. The topological polar surface area (TPSA) is 54.5 Å². The van der Waals surface area contributed by atoms with Crippen LogP contribution in [0.15, 0.2) is 36.4 Å². The molecule has 1 N–H and O–H groups in total. The Morgan fingerprint density at radius 1 is 1.28 bits per heavy atom. The van der Waals surface area contributed by atoms with E-state index in [1.807, 2.05) is 0 Å². The van der Waals surface area contributed by atoms with E-state index in [0.717, 1.165) is 25.9 Å². The molecule has 0 radical (unpaired) electrons. The molecule has 1 aromatic heterocycles. The molecule has 7 heteroatoms. The fraction of sp³-hybridized carbons (Fsp3) is 0.333. The highest BCUT2D eigenvalue weighted by molar-refractivity contribution is 6.34. The third-order valence-electron chi connectivity index (χ3n) is 4.11. The van der Waals surface area contributed by atoms with E-state index in [0.29, 0.717) is 5.88 Å². The van der Waals surface area contributed by atoms with Gasteiger partial charge in [0.25, 0.3) is 5.91 Å². The van der Waals surface area contributed by atoms with Crippen LogP contribution in [0.4, 0.5) is 10.2 Å². The number of hydrogen-bond donors (Lipinski definition) is 1. The van der Waals surface area contributed by atoms with Crippen LogP contribution in [0.5, 0.6) is 5.88 Å². The van der Waals surface area contributed by atoms with Crippen molar-refractivity contribution in [3.63, 3.8) is 0 Å². The summed E-state index contributed by atoms with van der Waals surface area (Å²) in [6.07, 6.45) is 1.97. The molecule has 0 unspecified atom stereocenters. The minimum absolute atomic E-state index is 0.0521. The SMILES string of the molecule is CN1CCC(Oc2cccc(NC(=O)c3c(F)cccc3Cl)n2)CC1. The van der Waals surface area contributed by atoms with Gasteiger partial charge < -0.3 is 15.0 Å². The Labute approximate surface area is 150 Å². The molecular weight excluding hydrogens is 345 g/mol. The lowest BCUT2D eigenvalue weighted by atomic mass is 10.1. The number of hydrogen-bond acceptors (Lipinski definition) is 4. The largest absolute Gasteiger partial charge is 0.474 e. The number of amides is 1. The standard InChI is InChI=1S/C18H19ClFN3O2/c1-23-10-8-12(9-11-23)25-16-7-3-6-15(21-16)22-18(24)17-13(19)4-2-5-14(17)20/h2-7,12H,8-11H2,1H3,(H,21,22,24). The maximum absolute atomic E-state index is 13.8. The number of nitrogens with zero attached hydrogens (tertiary/aromatic N) is 2. The zero-order valence-electron chi connectivity index (χ0n) is 13.8. The van der Waals surface area contributed by atoms with Crippen LogP contribution in [-0.4, -0.2) is 42.0 Å². The first kappa shape index (κ1) is 17.6. The van der Waals surface area contributed by atoms with Gasteiger partial charge in [-0.2, -0.15) is 4.98 Å². The van der Waals surface area contributed by atoms with Gasteiger partial charge in [0.1, 0.15) is 17.7 Å². The van der Waals surface area contributed by atoms with Gasteiger partial charge in [0, 0.05) is 19.2 Å². The number of anilines is 1. The summed E-state index contributed by atoms with van der Waals surface area (Å²) in [7, 11) is 2.08. The number of rotatable bonds is 4. The van der Waals surface area contributed by atoms with E-state index >= 15 is 0 Å². The molecule has 25 heavy (non-hydrogen) atoms. The molecule has 132 valence electrons. The molecule has 0 aliphatic carbocycles. The van der Waals surface area contributed by atoms with Crippen LogP contribution in [0.25, 0.3) is 0 Å². The average molecular weight is 364 g/mol. The molecule has 1 aromatic carbocycles. The van der Waals surface area contributed by atoms with Crippen LogP contribution >= 0.6 is 11.6 Å². The van der Waals surface area contributed by atoms with Crippen LogP contribution in [0.2, 0.25) is 5.02 Å². The molecule has 2 aromatic rings. The maximum atomic E-state index is 13.8. The van der Waals surface area contributed by atoms with Crippen molar-refractivity contribution in [1.82, 2.24) is 9.88 Å². The Morgan fingerprint density at radius 3 is 2.72 bits per heavy atom. The molecule has 0 spiro atoms. The lowest BCUT2D eigenvalue weighted by Gasteiger charge is -2.28. The predicted octanol–water partition coefficient (Wildman–Crippen LogP) is 3.60. The number of pyridine rings is 1. The summed E-state index contributed by atoms with van der Waals surface area (Å²) >= 11 is 5.91. The molecular formula is C18H19ClFN3O2. The van der Waals surface area contributed by atoms with E-state index in [9.17, 15) is 9.18 Å². The second-order valence-electron chi connectivity index (χ2n) is 6.03. The summed E-state index contributed by atoms with van der Waals surface area (Å²) in [5.74, 6) is -0.600. The smallest absolute Gasteiger partial charge is 0.261 e. The van der Waals surface area contributed by atoms with Gasteiger partial charge in [-0.25, -0.2) is 4.39 Å². The van der Waals surface area contributed by atoms with Crippen molar-refractivity contribution in [3.8, 4) is 5.88 Å².